The molecule has 2 aliphatic carbocycles. The fourth-order valence-corrected chi connectivity index (χ4v) is 12.7. The SMILES string of the molecule is Cc1cc2c(s1)-c1sc(-c3c(F)cc(-c4cc5c(s4)-c4sc(-c6cc(F)c(C)c7nsnc67)cc4C5(F)F)c4nsnc34)cc1C2(F)F. The van der Waals surface area contributed by atoms with Crippen LogP contribution in [0.1, 0.15) is 32.7 Å². The highest BCUT2D eigenvalue weighted by Gasteiger charge is 2.49. The Kier molecular flexibility index (Phi) is 5.86. The third-order valence-electron chi connectivity index (χ3n) is 8.81. The predicted octanol–water partition coefficient (Wildman–Crippen LogP) is 12.1. The number of aryl methyl sites for hydroxylation is 2. The first-order valence-corrected chi connectivity index (χ1v) is 18.8. The minimum Gasteiger partial charge on any atom is -0.207 e. The molecule has 8 aromatic rings. The van der Waals surface area contributed by atoms with Gasteiger partial charge in [-0.3, -0.25) is 0 Å². The van der Waals surface area contributed by atoms with E-state index in [9.17, 15) is 4.39 Å². The Hall–Kier alpha value is -3.54. The minimum atomic E-state index is -3.35. The summed E-state index contributed by atoms with van der Waals surface area (Å²) in [6.45, 7) is 3.37. The number of alkyl halides is 4. The Bertz CT molecular complexity index is 2710. The molecule has 0 N–H and O–H groups in total. The quantitative estimate of drug-likeness (QED) is 0.168. The number of halogens is 6. The maximum Gasteiger partial charge on any atom is 0.301 e. The van der Waals surface area contributed by atoms with Crippen molar-refractivity contribution in [3.05, 3.63) is 80.7 Å². The van der Waals surface area contributed by atoms with Gasteiger partial charge in [0.25, 0.3) is 0 Å². The molecule has 6 heterocycles. The van der Waals surface area contributed by atoms with E-state index in [-0.39, 0.29) is 38.9 Å². The second-order valence-corrected chi connectivity index (χ2v) is 17.0. The van der Waals surface area contributed by atoms with Crippen molar-refractivity contribution in [2.75, 3.05) is 0 Å². The van der Waals surface area contributed by atoms with Crippen LogP contribution in [0.3, 0.4) is 0 Å². The zero-order valence-corrected chi connectivity index (χ0v) is 28.9. The molecule has 238 valence electrons. The lowest BCUT2D eigenvalue weighted by atomic mass is 10.0. The average Bonchev–Trinajstić information content (AvgIpc) is 3.89. The van der Waals surface area contributed by atoms with Crippen molar-refractivity contribution in [3.63, 3.8) is 0 Å². The Morgan fingerprint density at radius 1 is 0.500 bits per heavy atom. The maximum absolute atomic E-state index is 16.1. The standard InChI is InChI=1S/C32H12F6N4S6/c1-9-3-13-27(43-9)28-16(31(13,35)36)8-21(46-28)22-18(34)5-12(25-26(22)42-48-41-25)20-7-15-30(45-20)29-14(32(15,37)38)6-19(44-29)11-4-17(33)10(2)23-24(11)40-47-39-23/h3-8H,1-2H3. The van der Waals surface area contributed by atoms with Gasteiger partial charge >= 0.3 is 11.8 Å². The summed E-state index contributed by atoms with van der Waals surface area (Å²) in [5.41, 5.74) is 1.84. The Labute approximate surface area is 290 Å². The summed E-state index contributed by atoms with van der Waals surface area (Å²) < 4.78 is 111. The Morgan fingerprint density at radius 3 is 1.54 bits per heavy atom. The van der Waals surface area contributed by atoms with Gasteiger partial charge in [-0.2, -0.15) is 35.1 Å². The topological polar surface area (TPSA) is 51.6 Å². The van der Waals surface area contributed by atoms with Crippen LogP contribution in [0.25, 0.3) is 72.9 Å². The van der Waals surface area contributed by atoms with Gasteiger partial charge in [0.15, 0.2) is 0 Å². The molecule has 6 aromatic heterocycles. The van der Waals surface area contributed by atoms with Crippen LogP contribution in [0.15, 0.2) is 36.4 Å². The number of nitrogens with zero attached hydrogens (tertiary/aromatic N) is 4. The van der Waals surface area contributed by atoms with E-state index in [2.05, 4.69) is 17.5 Å². The molecule has 0 atom stereocenters. The minimum absolute atomic E-state index is 0.0305. The van der Waals surface area contributed by atoms with E-state index in [4.69, 9.17) is 0 Å². The van der Waals surface area contributed by atoms with Gasteiger partial charge in [0.1, 0.15) is 33.7 Å². The van der Waals surface area contributed by atoms with E-state index in [0.29, 0.717) is 61.8 Å². The molecular formula is C32H12F6N4S6. The average molecular weight is 759 g/mol. The van der Waals surface area contributed by atoms with Crippen molar-refractivity contribution in [1.29, 1.82) is 0 Å². The lowest BCUT2D eigenvalue weighted by Gasteiger charge is -2.10. The van der Waals surface area contributed by atoms with Gasteiger partial charge in [-0.05, 0) is 50.2 Å². The van der Waals surface area contributed by atoms with Crippen molar-refractivity contribution in [3.8, 4) is 50.8 Å². The van der Waals surface area contributed by atoms with Gasteiger partial charge in [-0.1, -0.05) is 0 Å². The molecule has 0 spiro atoms. The number of aromatic nitrogens is 4. The summed E-state index contributed by atoms with van der Waals surface area (Å²) in [6.07, 6.45) is 0. The number of rotatable bonds is 3. The highest BCUT2D eigenvalue weighted by Crippen LogP contribution is 2.61. The van der Waals surface area contributed by atoms with Crippen LogP contribution in [0.5, 0.6) is 0 Å². The summed E-state index contributed by atoms with van der Waals surface area (Å²) in [5.74, 6) is -7.75. The van der Waals surface area contributed by atoms with Crippen molar-refractivity contribution in [2.45, 2.75) is 25.7 Å². The van der Waals surface area contributed by atoms with Crippen LogP contribution in [0, 0.1) is 25.5 Å². The van der Waals surface area contributed by atoms with Gasteiger partial charge in [-0.25, -0.2) is 8.78 Å². The summed E-state index contributed by atoms with van der Waals surface area (Å²) in [7, 11) is 0. The number of hydrogen-bond acceptors (Lipinski definition) is 10. The smallest absolute Gasteiger partial charge is 0.207 e. The number of hydrogen-bond donors (Lipinski definition) is 0. The van der Waals surface area contributed by atoms with Gasteiger partial charge in [0.05, 0.1) is 48.5 Å². The van der Waals surface area contributed by atoms with E-state index in [1.54, 1.807) is 13.8 Å². The Balaban J connectivity index is 1.09. The summed E-state index contributed by atoms with van der Waals surface area (Å²) in [6, 6.07) is 8.09. The third-order valence-corrected chi connectivity index (χ3v) is 14.7. The molecule has 0 bridgehead atoms. The van der Waals surface area contributed by atoms with Crippen LogP contribution in [-0.2, 0) is 11.8 Å². The molecular weight excluding hydrogens is 747 g/mol. The molecule has 4 nitrogen and oxygen atoms in total. The predicted molar refractivity (Wildman–Crippen MR) is 182 cm³/mol. The largest absolute Gasteiger partial charge is 0.301 e. The molecule has 0 saturated carbocycles. The van der Waals surface area contributed by atoms with Crippen LogP contribution in [0.4, 0.5) is 26.3 Å². The molecule has 0 amide bonds. The van der Waals surface area contributed by atoms with Crippen LogP contribution in [0.2, 0.25) is 0 Å². The molecule has 48 heavy (non-hydrogen) atoms. The molecule has 0 unspecified atom stereocenters. The fraction of sp³-hybridized carbons (Fsp3) is 0.125. The molecule has 0 saturated heterocycles. The van der Waals surface area contributed by atoms with Gasteiger partial charge in [-0.15, -0.1) is 45.3 Å². The number of fused-ring (bicyclic) bond motifs is 8. The molecule has 2 aliphatic rings. The van der Waals surface area contributed by atoms with Crippen molar-refractivity contribution in [1.82, 2.24) is 17.5 Å². The molecule has 10 rings (SSSR count). The summed E-state index contributed by atoms with van der Waals surface area (Å²) >= 11 is 6.33. The third kappa shape index (κ3) is 3.70. The lowest BCUT2D eigenvalue weighted by Crippen LogP contribution is -2.09. The summed E-state index contributed by atoms with van der Waals surface area (Å²) in [5, 5.41) is 0. The van der Waals surface area contributed by atoms with Crippen LogP contribution < -0.4 is 0 Å². The zero-order valence-electron chi connectivity index (χ0n) is 24.0. The first-order chi connectivity index (χ1) is 22.9. The Morgan fingerprint density at radius 2 is 0.938 bits per heavy atom. The number of benzene rings is 2. The molecule has 0 aliphatic heterocycles. The van der Waals surface area contributed by atoms with Crippen molar-refractivity contribution in [2.24, 2.45) is 0 Å². The van der Waals surface area contributed by atoms with Crippen LogP contribution in [-0.4, -0.2) is 17.5 Å². The zero-order chi connectivity index (χ0) is 33.0. The highest BCUT2D eigenvalue weighted by atomic mass is 32.1. The van der Waals surface area contributed by atoms with Crippen molar-refractivity contribution >= 4 is 90.9 Å². The normalized spacial score (nSPS) is 15.4. The van der Waals surface area contributed by atoms with E-state index in [1.165, 1.54) is 47.7 Å². The van der Waals surface area contributed by atoms with E-state index < -0.39 is 23.5 Å². The molecule has 16 heteroatoms. The maximum atomic E-state index is 16.1. The second kappa shape index (κ2) is 9.57. The van der Waals surface area contributed by atoms with E-state index >= 15 is 22.0 Å². The van der Waals surface area contributed by atoms with E-state index in [0.717, 1.165) is 62.3 Å². The first kappa shape index (κ1) is 29.4. The second-order valence-electron chi connectivity index (χ2n) is 11.5. The lowest BCUT2D eigenvalue weighted by molar-refractivity contribution is 0.0480. The fourth-order valence-electron chi connectivity index (χ4n) is 6.52. The van der Waals surface area contributed by atoms with Crippen molar-refractivity contribution < 1.29 is 26.3 Å². The van der Waals surface area contributed by atoms with Gasteiger partial charge < -0.3 is 0 Å². The number of thiophene rings is 4. The van der Waals surface area contributed by atoms with Gasteiger partial charge in [0, 0.05) is 58.5 Å². The highest BCUT2D eigenvalue weighted by molar-refractivity contribution is 7.26. The molecule has 2 aromatic carbocycles. The van der Waals surface area contributed by atoms with E-state index in [1.807, 2.05) is 0 Å². The monoisotopic (exact) mass is 758 g/mol. The molecule has 0 fully saturated rings. The molecule has 0 radical (unpaired) electrons. The summed E-state index contributed by atoms with van der Waals surface area (Å²) in [4.78, 5) is 3.45. The first-order valence-electron chi connectivity index (χ1n) is 14.1. The van der Waals surface area contributed by atoms with Crippen LogP contribution >= 0.6 is 68.8 Å². The van der Waals surface area contributed by atoms with Gasteiger partial charge in [0.2, 0.25) is 0 Å².